The van der Waals surface area contributed by atoms with Gasteiger partial charge in [-0.25, -0.2) is 34.9 Å². The van der Waals surface area contributed by atoms with Gasteiger partial charge in [0, 0.05) is 179 Å². The van der Waals surface area contributed by atoms with E-state index in [9.17, 15) is 5.26 Å². The molecule has 458 valence electrons. The van der Waals surface area contributed by atoms with Crippen molar-refractivity contribution >= 4 is 90.7 Å². The van der Waals surface area contributed by atoms with Gasteiger partial charge in [0.1, 0.15) is 23.1 Å². The van der Waals surface area contributed by atoms with E-state index in [1.165, 1.54) is 6.07 Å². The second-order valence-corrected chi connectivity index (χ2v) is 25.1. The molecule has 21 nitrogen and oxygen atoms in total. The molecule has 0 spiro atoms. The number of anilines is 6. The van der Waals surface area contributed by atoms with Gasteiger partial charge in [0.05, 0.1) is 83.6 Å². The largest absolute Gasteiger partial charge is 0.496 e. The Labute approximate surface area is 531 Å². The highest BCUT2D eigenvalue weighted by atomic mass is 35.5. The third-order valence-corrected chi connectivity index (χ3v) is 19.2. The summed E-state index contributed by atoms with van der Waals surface area (Å²) in [4.78, 5) is 72.0. The van der Waals surface area contributed by atoms with Crippen molar-refractivity contribution in [3.05, 3.63) is 141 Å². The maximum atomic E-state index is 15.9. The summed E-state index contributed by atoms with van der Waals surface area (Å²) < 4.78 is 27.4. The third kappa shape index (κ3) is 11.4. The molecule has 0 amide bonds. The Morgan fingerprint density at radius 2 is 0.967 bits per heavy atom. The Bertz CT molecular complexity index is 4450. The van der Waals surface area contributed by atoms with E-state index in [1.807, 2.05) is 49.4 Å². The molecule has 0 saturated carbocycles. The topological polar surface area (TPSA) is 199 Å². The Morgan fingerprint density at radius 1 is 0.495 bits per heavy atom. The van der Waals surface area contributed by atoms with Crippen molar-refractivity contribution in [2.24, 2.45) is 17.8 Å². The van der Waals surface area contributed by atoms with Crippen molar-refractivity contribution in [2.45, 2.75) is 63.2 Å². The standard InChI is InChI=1S/C68H67ClFN19O2/c1-41-50-6-5-49(27-55(50)83-68(80-41)89-39-47(40-89)64-67(77-19-16-74-64)84-20-8-42(32-71)9-21-84)78-33-43-10-22-85(23-11-43)65-63(73-15-17-75-65)46-37-88(38-46)61-31-59(91-3)52-28-53(70)57(29-56(52)82-61)79-34-44-12-24-86(25-13-44)66-62(72-14-18-76-66)45-35-87(36-45)60-30-58(90-2)51-26-48(69)4-7-54(51)81-60/h4-7,14-19,26-31,42-47H,8-13,20-25,35-40H2,1-3H3/q+2. The first-order valence-electron chi connectivity index (χ1n) is 31.5. The number of methoxy groups -OCH3 is 2. The van der Waals surface area contributed by atoms with E-state index in [4.69, 9.17) is 75.8 Å². The number of rotatable bonds is 11. The number of halogens is 2. The molecule has 3 aromatic carbocycles. The first-order valence-corrected chi connectivity index (χ1v) is 31.8. The second kappa shape index (κ2) is 24.5. The van der Waals surface area contributed by atoms with E-state index in [2.05, 4.69) is 58.5 Å². The lowest BCUT2D eigenvalue weighted by Crippen LogP contribution is -2.47. The fraction of sp³-hybridized carbons (Fsp3) is 0.397. The maximum Gasteiger partial charge on any atom is 0.377 e. The molecule has 12 heterocycles. The molecule has 6 aliphatic heterocycles. The number of fused-ring (bicyclic) bond motifs is 3. The molecule has 9 aromatic rings. The van der Waals surface area contributed by atoms with Gasteiger partial charge in [0.25, 0.3) is 12.1 Å². The highest BCUT2D eigenvalue weighted by molar-refractivity contribution is 6.31. The van der Waals surface area contributed by atoms with E-state index in [0.29, 0.717) is 40.7 Å². The first kappa shape index (κ1) is 57.6. The number of aryl methyl sites for hydroxylation is 1. The van der Waals surface area contributed by atoms with Gasteiger partial charge in [-0.3, -0.25) is 15.0 Å². The molecule has 6 fully saturated rings. The van der Waals surface area contributed by atoms with Gasteiger partial charge in [-0.05, 0) is 85.5 Å². The molecular formula is C68H67ClFN19O2+2. The molecule has 0 radical (unpaired) electrons. The summed E-state index contributed by atoms with van der Waals surface area (Å²) in [5, 5.41) is 12.5. The van der Waals surface area contributed by atoms with E-state index >= 15 is 4.39 Å². The summed E-state index contributed by atoms with van der Waals surface area (Å²) in [5.41, 5.74) is 7.18. The minimum Gasteiger partial charge on any atom is -0.496 e. The molecule has 0 atom stereocenters. The normalized spacial score (nSPS) is 17.9. The lowest BCUT2D eigenvalue weighted by molar-refractivity contribution is 0.418. The van der Waals surface area contributed by atoms with Crippen LogP contribution in [0.3, 0.4) is 0 Å². The molecule has 6 aliphatic rings. The summed E-state index contributed by atoms with van der Waals surface area (Å²) in [6.45, 7) is 11.2. The zero-order valence-electron chi connectivity index (χ0n) is 51.0. The van der Waals surface area contributed by atoms with Crippen molar-refractivity contribution < 1.29 is 13.9 Å². The van der Waals surface area contributed by atoms with Crippen LogP contribution in [0.4, 0.5) is 50.8 Å². The van der Waals surface area contributed by atoms with Crippen LogP contribution in [0.25, 0.3) is 42.4 Å². The van der Waals surface area contributed by atoms with E-state index in [0.717, 1.165) is 189 Å². The molecule has 6 saturated heterocycles. The molecule has 91 heavy (non-hydrogen) atoms. The number of nitriles is 1. The van der Waals surface area contributed by atoms with Crippen LogP contribution < -0.4 is 38.9 Å². The quantitative estimate of drug-likeness (QED) is 0.118. The molecule has 0 N–H and O–H groups in total. The molecule has 0 unspecified atom stereocenters. The van der Waals surface area contributed by atoms with Crippen LogP contribution in [0, 0.1) is 54.0 Å². The van der Waals surface area contributed by atoms with Gasteiger partial charge in [0.15, 0.2) is 17.5 Å². The summed E-state index contributed by atoms with van der Waals surface area (Å²) in [6.07, 6.45) is 15.7. The van der Waals surface area contributed by atoms with Crippen LogP contribution in [0.1, 0.15) is 79.1 Å². The van der Waals surface area contributed by atoms with E-state index < -0.39 is 5.82 Å². The Balaban J connectivity index is 0.553. The fourth-order valence-electron chi connectivity index (χ4n) is 13.7. The van der Waals surface area contributed by atoms with Gasteiger partial charge < -0.3 is 38.9 Å². The second-order valence-electron chi connectivity index (χ2n) is 24.7. The number of hydrogen-bond donors (Lipinski definition) is 0. The number of pyridine rings is 2. The number of benzene rings is 3. The molecule has 23 heteroatoms. The van der Waals surface area contributed by atoms with Gasteiger partial charge in [0.2, 0.25) is 11.8 Å². The number of nitrogens with zero attached hydrogens (tertiary/aromatic N) is 19. The average molecular weight is 1240 g/mol. The summed E-state index contributed by atoms with van der Waals surface area (Å²) >= 11 is 6.28. The van der Waals surface area contributed by atoms with E-state index in [-0.39, 0.29) is 41.2 Å². The van der Waals surface area contributed by atoms with Crippen molar-refractivity contribution in [1.82, 2.24) is 49.8 Å². The maximum absolute atomic E-state index is 15.9. The number of aromatic nitrogens is 10. The lowest BCUT2D eigenvalue weighted by Gasteiger charge is -2.41. The zero-order chi connectivity index (χ0) is 61.7. The summed E-state index contributed by atoms with van der Waals surface area (Å²) in [6, 6.07) is 28.0. The molecule has 6 aromatic heterocycles. The molecular weight excluding hydrogens is 1170 g/mol. The van der Waals surface area contributed by atoms with Gasteiger partial charge >= 0.3 is 11.4 Å². The zero-order valence-corrected chi connectivity index (χ0v) is 51.8. The Hall–Kier alpha value is -9.85. The Kier molecular flexibility index (Phi) is 15.5. The van der Waals surface area contributed by atoms with Crippen LogP contribution in [-0.4, -0.2) is 143 Å². The minimum absolute atomic E-state index is 0.0354. The highest BCUT2D eigenvalue weighted by Crippen LogP contribution is 2.42. The monoisotopic (exact) mass is 1240 g/mol. The average Bonchev–Trinajstić information content (AvgIpc) is 1.04. The van der Waals surface area contributed by atoms with Crippen LogP contribution in [0.5, 0.6) is 11.5 Å². The number of piperidine rings is 3. The molecule has 0 aliphatic carbocycles. The molecule has 15 rings (SSSR count). The van der Waals surface area contributed by atoms with Crippen LogP contribution in [0.2, 0.25) is 5.02 Å². The van der Waals surface area contributed by atoms with Crippen LogP contribution in [-0.2, 0) is 0 Å². The van der Waals surface area contributed by atoms with E-state index in [1.54, 1.807) is 57.5 Å². The SMILES string of the molecule is COc1cc(N2CC(c3nccnc3N3CCC(C#[N+]c4cc5nc(N6CC(c7nccnc7N7CCC(C#[N+]c8ccc9c(C)nc(N%10CC(c%11nccnc%11N%11CCC(C#N)CC%11)C%10)nc9c8)CC7)C6)cc(OC)c5cc4F)CC3)C2)nc2ccc(Cl)cc12. The van der Waals surface area contributed by atoms with Gasteiger partial charge in [-0.1, -0.05) is 11.6 Å². The Morgan fingerprint density at radius 3 is 1.49 bits per heavy atom. The predicted molar refractivity (Wildman–Crippen MR) is 351 cm³/mol. The highest BCUT2D eigenvalue weighted by Gasteiger charge is 2.39. The van der Waals surface area contributed by atoms with Crippen molar-refractivity contribution in [2.75, 3.05) is 122 Å². The van der Waals surface area contributed by atoms with Crippen LogP contribution in [0.15, 0.2) is 97.8 Å². The summed E-state index contributed by atoms with van der Waals surface area (Å²) in [7, 11) is 3.26. The van der Waals surface area contributed by atoms with Crippen molar-refractivity contribution in [3.63, 3.8) is 0 Å². The van der Waals surface area contributed by atoms with Crippen LogP contribution >= 0.6 is 11.6 Å². The predicted octanol–water partition coefficient (Wildman–Crippen LogP) is 11.5. The first-order chi connectivity index (χ1) is 44.6. The fourth-order valence-corrected chi connectivity index (χ4v) is 13.8. The van der Waals surface area contributed by atoms with Gasteiger partial charge in [-0.2, -0.15) is 9.65 Å². The number of hydrogen-bond acceptors (Lipinski definition) is 19. The summed E-state index contributed by atoms with van der Waals surface area (Å²) in [5.74, 6) is 6.76. The number of ether oxygens (including phenoxy) is 2. The third-order valence-electron chi connectivity index (χ3n) is 19.0. The smallest absolute Gasteiger partial charge is 0.377 e. The molecule has 0 bridgehead atoms. The van der Waals surface area contributed by atoms with Crippen molar-refractivity contribution in [3.8, 4) is 29.7 Å². The minimum atomic E-state index is -0.457. The van der Waals surface area contributed by atoms with Gasteiger partial charge in [-0.15, -0.1) is 0 Å². The van der Waals surface area contributed by atoms with Crippen molar-refractivity contribution in [1.29, 1.82) is 5.26 Å². The lowest BCUT2D eigenvalue weighted by atomic mass is 9.94.